The van der Waals surface area contributed by atoms with Gasteiger partial charge < -0.3 is 9.64 Å². The van der Waals surface area contributed by atoms with E-state index in [0.29, 0.717) is 5.92 Å². The summed E-state index contributed by atoms with van der Waals surface area (Å²) < 4.78 is 5.47. The fourth-order valence-electron chi connectivity index (χ4n) is 3.38. The van der Waals surface area contributed by atoms with Gasteiger partial charge in [0.2, 0.25) is 0 Å². The van der Waals surface area contributed by atoms with Crippen LogP contribution in [0.2, 0.25) is 0 Å². The number of hydrogen-bond donors (Lipinski definition) is 0. The van der Waals surface area contributed by atoms with E-state index >= 15 is 0 Å². The van der Waals surface area contributed by atoms with Crippen molar-refractivity contribution < 1.29 is 4.74 Å². The van der Waals surface area contributed by atoms with Gasteiger partial charge in [-0.1, -0.05) is 42.5 Å². The summed E-state index contributed by atoms with van der Waals surface area (Å²) in [4.78, 5) is 2.26. The van der Waals surface area contributed by atoms with Crippen LogP contribution < -0.4 is 4.74 Å². The van der Waals surface area contributed by atoms with Crippen LogP contribution in [0.25, 0.3) is 12.2 Å². The van der Waals surface area contributed by atoms with Crippen molar-refractivity contribution in [3.05, 3.63) is 64.7 Å². The molecule has 0 N–H and O–H groups in total. The van der Waals surface area contributed by atoms with Crippen molar-refractivity contribution >= 4 is 12.2 Å². The third-order valence-electron chi connectivity index (χ3n) is 4.58. The SMILES string of the molecule is COc1ccc2c(c1)C(CCCN(C)C)c1ccccc1C=C2. The average Bonchev–Trinajstić information content (AvgIpc) is 2.71. The van der Waals surface area contributed by atoms with Crippen molar-refractivity contribution in [3.8, 4) is 5.75 Å². The maximum atomic E-state index is 5.47. The van der Waals surface area contributed by atoms with Crippen molar-refractivity contribution in [1.82, 2.24) is 4.90 Å². The molecule has 1 atom stereocenters. The van der Waals surface area contributed by atoms with Crippen LogP contribution in [0, 0.1) is 0 Å². The minimum atomic E-state index is 0.422. The molecule has 1 aliphatic carbocycles. The topological polar surface area (TPSA) is 12.5 Å². The second-order valence-electron chi connectivity index (χ2n) is 6.46. The Kier molecular flexibility index (Phi) is 4.82. The minimum absolute atomic E-state index is 0.422. The van der Waals surface area contributed by atoms with Crippen LogP contribution in [0.1, 0.15) is 41.0 Å². The third-order valence-corrected chi connectivity index (χ3v) is 4.58. The molecule has 2 nitrogen and oxygen atoms in total. The summed E-state index contributed by atoms with van der Waals surface area (Å²) in [5.41, 5.74) is 5.44. The maximum absolute atomic E-state index is 5.47. The average molecular weight is 307 g/mol. The van der Waals surface area contributed by atoms with Crippen LogP contribution >= 0.6 is 0 Å². The van der Waals surface area contributed by atoms with E-state index in [1.54, 1.807) is 7.11 Å². The smallest absolute Gasteiger partial charge is 0.119 e. The second kappa shape index (κ2) is 7.01. The summed E-state index contributed by atoms with van der Waals surface area (Å²) in [7, 11) is 6.02. The fraction of sp³-hybridized carbons (Fsp3) is 0.333. The van der Waals surface area contributed by atoms with E-state index in [2.05, 4.69) is 73.6 Å². The molecule has 0 bridgehead atoms. The maximum Gasteiger partial charge on any atom is 0.119 e. The van der Waals surface area contributed by atoms with Crippen molar-refractivity contribution in [2.45, 2.75) is 18.8 Å². The zero-order chi connectivity index (χ0) is 16.2. The Balaban J connectivity index is 2.02. The summed E-state index contributed by atoms with van der Waals surface area (Å²) in [6, 6.07) is 15.2. The lowest BCUT2D eigenvalue weighted by Crippen LogP contribution is -2.14. The molecule has 2 heteroatoms. The molecule has 0 amide bonds. The summed E-state index contributed by atoms with van der Waals surface area (Å²) in [6.07, 6.45) is 6.81. The highest BCUT2D eigenvalue weighted by Crippen LogP contribution is 2.38. The molecule has 0 saturated heterocycles. The van der Waals surface area contributed by atoms with Gasteiger partial charge in [-0.2, -0.15) is 0 Å². The Hall–Kier alpha value is -2.06. The highest BCUT2D eigenvalue weighted by molar-refractivity contribution is 5.76. The first-order valence-electron chi connectivity index (χ1n) is 8.28. The molecule has 0 spiro atoms. The van der Waals surface area contributed by atoms with Crippen molar-refractivity contribution in [2.24, 2.45) is 0 Å². The van der Waals surface area contributed by atoms with Gasteiger partial charge in [0.1, 0.15) is 5.75 Å². The number of nitrogens with zero attached hydrogens (tertiary/aromatic N) is 1. The summed E-state index contributed by atoms with van der Waals surface area (Å²) in [5, 5.41) is 0. The highest BCUT2D eigenvalue weighted by atomic mass is 16.5. The molecule has 0 radical (unpaired) electrons. The summed E-state index contributed by atoms with van der Waals surface area (Å²) >= 11 is 0. The van der Waals surface area contributed by atoms with E-state index < -0.39 is 0 Å². The molecular formula is C21H25NO. The Labute approximate surface area is 139 Å². The first-order valence-corrected chi connectivity index (χ1v) is 8.28. The predicted octanol–water partition coefficient (Wildman–Crippen LogP) is 4.65. The fourth-order valence-corrected chi connectivity index (χ4v) is 3.38. The number of methoxy groups -OCH3 is 1. The number of benzene rings is 2. The van der Waals surface area contributed by atoms with E-state index in [1.165, 1.54) is 28.7 Å². The van der Waals surface area contributed by atoms with Gasteiger partial charge in [0, 0.05) is 5.92 Å². The molecule has 0 aromatic heterocycles. The van der Waals surface area contributed by atoms with Crippen LogP contribution in [0.4, 0.5) is 0 Å². The predicted molar refractivity (Wildman–Crippen MR) is 98.0 cm³/mol. The third kappa shape index (κ3) is 3.48. The van der Waals surface area contributed by atoms with E-state index in [4.69, 9.17) is 4.74 Å². The summed E-state index contributed by atoms with van der Waals surface area (Å²) in [6.45, 7) is 1.12. The highest BCUT2D eigenvalue weighted by Gasteiger charge is 2.21. The monoisotopic (exact) mass is 307 g/mol. The lowest BCUT2D eigenvalue weighted by atomic mass is 9.84. The van der Waals surface area contributed by atoms with Gasteiger partial charge in [0.15, 0.2) is 0 Å². The van der Waals surface area contributed by atoms with Gasteiger partial charge >= 0.3 is 0 Å². The minimum Gasteiger partial charge on any atom is -0.497 e. The number of hydrogen-bond acceptors (Lipinski definition) is 2. The van der Waals surface area contributed by atoms with Gasteiger partial charge in [-0.25, -0.2) is 0 Å². The molecule has 120 valence electrons. The molecule has 3 rings (SSSR count). The zero-order valence-corrected chi connectivity index (χ0v) is 14.3. The Morgan fingerprint density at radius 1 is 0.957 bits per heavy atom. The molecule has 0 fully saturated rings. The molecule has 0 aliphatic heterocycles. The van der Waals surface area contributed by atoms with Gasteiger partial charge in [-0.3, -0.25) is 0 Å². The zero-order valence-electron chi connectivity index (χ0n) is 14.3. The van der Waals surface area contributed by atoms with Crippen LogP contribution in [0.15, 0.2) is 42.5 Å². The van der Waals surface area contributed by atoms with Gasteiger partial charge in [0.05, 0.1) is 7.11 Å². The standard InChI is InChI=1S/C21H25NO/c1-22(2)14-6-9-20-19-8-5-4-7-16(19)10-11-17-12-13-18(23-3)15-21(17)20/h4-5,7-8,10-13,15,20H,6,9,14H2,1-3H3. The number of fused-ring (bicyclic) bond motifs is 2. The van der Waals surface area contributed by atoms with E-state index in [9.17, 15) is 0 Å². The normalized spacial score (nSPS) is 15.9. The number of ether oxygens (including phenoxy) is 1. The molecule has 0 saturated carbocycles. The van der Waals surface area contributed by atoms with Crippen molar-refractivity contribution in [2.75, 3.05) is 27.7 Å². The number of rotatable bonds is 5. The van der Waals surface area contributed by atoms with Crippen LogP contribution in [-0.4, -0.2) is 32.6 Å². The van der Waals surface area contributed by atoms with E-state index in [0.717, 1.165) is 18.7 Å². The van der Waals surface area contributed by atoms with Crippen LogP contribution in [0.3, 0.4) is 0 Å². The summed E-state index contributed by atoms with van der Waals surface area (Å²) in [5.74, 6) is 1.36. The molecular weight excluding hydrogens is 282 g/mol. The first-order chi connectivity index (χ1) is 11.2. The van der Waals surface area contributed by atoms with Crippen LogP contribution in [-0.2, 0) is 0 Å². The lowest BCUT2D eigenvalue weighted by molar-refractivity contribution is 0.389. The molecule has 0 heterocycles. The molecule has 1 unspecified atom stereocenters. The molecule has 2 aromatic carbocycles. The van der Waals surface area contributed by atoms with Crippen LogP contribution in [0.5, 0.6) is 5.75 Å². The Bertz CT molecular complexity index is 703. The van der Waals surface area contributed by atoms with E-state index in [1.807, 2.05) is 0 Å². The largest absolute Gasteiger partial charge is 0.497 e. The lowest BCUT2D eigenvalue weighted by Gasteiger charge is -2.22. The Morgan fingerprint density at radius 3 is 2.43 bits per heavy atom. The Morgan fingerprint density at radius 2 is 1.70 bits per heavy atom. The molecule has 2 aromatic rings. The quantitative estimate of drug-likeness (QED) is 0.797. The first kappa shape index (κ1) is 15.8. The van der Waals surface area contributed by atoms with Gasteiger partial charge in [0.25, 0.3) is 0 Å². The van der Waals surface area contributed by atoms with Crippen molar-refractivity contribution in [1.29, 1.82) is 0 Å². The van der Waals surface area contributed by atoms with Crippen molar-refractivity contribution in [3.63, 3.8) is 0 Å². The van der Waals surface area contributed by atoms with Gasteiger partial charge in [-0.05, 0) is 67.9 Å². The molecule has 23 heavy (non-hydrogen) atoms. The van der Waals surface area contributed by atoms with Gasteiger partial charge in [-0.15, -0.1) is 0 Å². The second-order valence-corrected chi connectivity index (χ2v) is 6.46. The molecule has 1 aliphatic rings. The van der Waals surface area contributed by atoms with E-state index in [-0.39, 0.29) is 0 Å².